The van der Waals surface area contributed by atoms with Gasteiger partial charge in [0.2, 0.25) is 5.91 Å². The topological polar surface area (TPSA) is 63.0 Å². The van der Waals surface area contributed by atoms with Crippen LogP contribution in [0.4, 0.5) is 0 Å². The number of hydrogen-bond donors (Lipinski definition) is 1. The van der Waals surface area contributed by atoms with Crippen LogP contribution in [0.5, 0.6) is 11.5 Å². The molecule has 3 rings (SSSR count). The van der Waals surface area contributed by atoms with Crippen molar-refractivity contribution in [2.45, 2.75) is 25.4 Å². The highest BCUT2D eigenvalue weighted by Crippen LogP contribution is 2.23. The average Bonchev–Trinajstić information content (AvgIpc) is 3.02. The van der Waals surface area contributed by atoms with Gasteiger partial charge in [-0.25, -0.2) is 0 Å². The number of nitrogens with one attached hydrogen (secondary N) is 1. The Morgan fingerprint density at radius 2 is 1.96 bits per heavy atom. The second-order valence-corrected chi connectivity index (χ2v) is 5.73. The smallest absolute Gasteiger partial charge is 0.249 e. The highest BCUT2D eigenvalue weighted by atomic mass is 16.5. The summed E-state index contributed by atoms with van der Waals surface area (Å²) in [6.07, 6.45) is 0.663. The quantitative estimate of drug-likeness (QED) is 0.915. The van der Waals surface area contributed by atoms with Crippen LogP contribution in [0.25, 0.3) is 0 Å². The summed E-state index contributed by atoms with van der Waals surface area (Å²) in [5.74, 6) is 1.44. The van der Waals surface area contributed by atoms with E-state index in [1.54, 1.807) is 0 Å². The predicted octanol–water partition coefficient (Wildman–Crippen LogP) is 3.71. The van der Waals surface area contributed by atoms with Crippen LogP contribution in [0.15, 0.2) is 64.8 Å². The van der Waals surface area contributed by atoms with Crippen LogP contribution in [-0.4, -0.2) is 18.0 Å². The first kappa shape index (κ1) is 15.2. The van der Waals surface area contributed by atoms with E-state index in [2.05, 4.69) is 15.5 Å². The minimum Gasteiger partial charge on any atom is -0.457 e. The van der Waals surface area contributed by atoms with Crippen LogP contribution in [0, 0.1) is 0 Å². The molecule has 1 aliphatic heterocycles. The molecule has 5 nitrogen and oxygen atoms in total. The number of nitrogens with zero attached hydrogens (tertiary/aromatic N) is 2. The van der Waals surface area contributed by atoms with Gasteiger partial charge in [0.1, 0.15) is 11.5 Å². The fraction of sp³-hybridized carbons (Fsp3) is 0.278. The summed E-state index contributed by atoms with van der Waals surface area (Å²) in [5.41, 5.74) is 0.253. The molecule has 118 valence electrons. The second kappa shape index (κ2) is 6.60. The van der Waals surface area contributed by atoms with Gasteiger partial charge in [-0.1, -0.05) is 30.3 Å². The summed E-state index contributed by atoms with van der Waals surface area (Å²) < 4.78 is 5.80. The maximum atomic E-state index is 12.2. The van der Waals surface area contributed by atoms with Crippen molar-refractivity contribution in [1.82, 2.24) is 5.32 Å². The lowest BCUT2D eigenvalue weighted by Crippen LogP contribution is -2.41. The Kier molecular flexibility index (Phi) is 4.37. The molecule has 1 unspecified atom stereocenters. The van der Waals surface area contributed by atoms with E-state index < -0.39 is 5.54 Å². The molecule has 0 aliphatic carbocycles. The number of carbonyl (C=O) groups excluding carboxylic acids is 1. The second-order valence-electron chi connectivity index (χ2n) is 5.73. The summed E-state index contributed by atoms with van der Waals surface area (Å²) in [6.45, 7) is 2.87. The predicted molar refractivity (Wildman–Crippen MR) is 87.5 cm³/mol. The number of benzene rings is 2. The fourth-order valence-corrected chi connectivity index (χ4v) is 2.40. The molecule has 1 atom stereocenters. The molecule has 5 heteroatoms. The lowest BCUT2D eigenvalue weighted by atomic mass is 9.99. The maximum absolute atomic E-state index is 12.2. The molecule has 1 N–H and O–H groups in total. The molecular weight excluding hydrogens is 290 g/mol. The minimum atomic E-state index is -0.724. The number of hydrogen-bond acceptors (Lipinski definition) is 4. The van der Waals surface area contributed by atoms with Crippen molar-refractivity contribution >= 4 is 5.91 Å². The zero-order valence-corrected chi connectivity index (χ0v) is 13.0. The van der Waals surface area contributed by atoms with E-state index in [4.69, 9.17) is 4.74 Å². The van der Waals surface area contributed by atoms with Crippen molar-refractivity contribution in [3.8, 4) is 11.5 Å². The number of para-hydroxylation sites is 1. The molecule has 2 aromatic rings. The van der Waals surface area contributed by atoms with E-state index in [0.29, 0.717) is 19.5 Å². The number of azo groups is 1. The van der Waals surface area contributed by atoms with Crippen molar-refractivity contribution in [3.63, 3.8) is 0 Å². The molecule has 0 spiro atoms. The van der Waals surface area contributed by atoms with E-state index in [1.165, 1.54) is 0 Å². The Hall–Kier alpha value is -2.69. The van der Waals surface area contributed by atoms with Gasteiger partial charge in [-0.15, -0.1) is 0 Å². The zero-order valence-electron chi connectivity index (χ0n) is 13.0. The van der Waals surface area contributed by atoms with Crippen LogP contribution < -0.4 is 10.1 Å². The summed E-state index contributed by atoms with van der Waals surface area (Å²) in [7, 11) is 0. The Morgan fingerprint density at radius 3 is 2.70 bits per heavy atom. The lowest BCUT2D eigenvalue weighted by Gasteiger charge is -2.18. The van der Waals surface area contributed by atoms with Gasteiger partial charge in [0.05, 0.1) is 6.54 Å². The van der Waals surface area contributed by atoms with E-state index >= 15 is 0 Å². The average molecular weight is 309 g/mol. The number of rotatable bonds is 5. The number of ether oxygens (including phenoxy) is 1. The normalized spacial score (nSPS) is 19.5. The summed E-state index contributed by atoms with van der Waals surface area (Å²) >= 11 is 0. The van der Waals surface area contributed by atoms with Crippen molar-refractivity contribution in [3.05, 3.63) is 60.2 Å². The Labute approximate surface area is 135 Å². The highest BCUT2D eigenvalue weighted by molar-refractivity contribution is 5.86. The SMILES string of the molecule is CC1(C(=O)NCc2cccc(Oc3ccccc3)c2)CCN=N1. The molecule has 0 saturated heterocycles. The minimum absolute atomic E-state index is 0.0897. The molecule has 0 aromatic heterocycles. The van der Waals surface area contributed by atoms with Crippen molar-refractivity contribution in [2.75, 3.05) is 6.54 Å². The zero-order chi connectivity index (χ0) is 16.1. The monoisotopic (exact) mass is 309 g/mol. The van der Waals surface area contributed by atoms with E-state index in [9.17, 15) is 4.79 Å². The first-order chi connectivity index (χ1) is 11.2. The molecule has 2 aromatic carbocycles. The molecule has 0 bridgehead atoms. The Morgan fingerprint density at radius 1 is 1.17 bits per heavy atom. The standard InChI is InChI=1S/C18H19N3O2/c1-18(10-11-20-21-18)17(22)19-13-14-6-5-9-16(12-14)23-15-7-3-2-4-8-15/h2-9,12H,10-11,13H2,1H3,(H,19,22). The van der Waals surface area contributed by atoms with Gasteiger partial charge in [-0.05, 0) is 36.8 Å². The van der Waals surface area contributed by atoms with Gasteiger partial charge in [0.15, 0.2) is 5.54 Å². The lowest BCUT2D eigenvalue weighted by molar-refractivity contribution is -0.125. The van der Waals surface area contributed by atoms with Crippen molar-refractivity contribution in [1.29, 1.82) is 0 Å². The van der Waals surface area contributed by atoms with Crippen molar-refractivity contribution < 1.29 is 9.53 Å². The third kappa shape index (κ3) is 3.74. The molecule has 0 saturated carbocycles. The highest BCUT2D eigenvalue weighted by Gasteiger charge is 2.35. The Bertz CT molecular complexity index is 715. The summed E-state index contributed by atoms with van der Waals surface area (Å²) in [4.78, 5) is 12.2. The summed E-state index contributed by atoms with van der Waals surface area (Å²) in [5, 5.41) is 10.9. The van der Waals surface area contributed by atoms with Gasteiger partial charge < -0.3 is 10.1 Å². The van der Waals surface area contributed by atoms with Crippen LogP contribution in [0.1, 0.15) is 18.9 Å². The molecule has 0 radical (unpaired) electrons. The van der Waals surface area contributed by atoms with Crippen molar-refractivity contribution in [2.24, 2.45) is 10.2 Å². The molecule has 23 heavy (non-hydrogen) atoms. The van der Waals surface area contributed by atoms with Crippen LogP contribution in [0.2, 0.25) is 0 Å². The number of amides is 1. The third-order valence-electron chi connectivity index (χ3n) is 3.81. The maximum Gasteiger partial charge on any atom is 0.249 e. The molecule has 1 amide bonds. The van der Waals surface area contributed by atoms with E-state index in [0.717, 1.165) is 17.1 Å². The fourth-order valence-electron chi connectivity index (χ4n) is 2.40. The largest absolute Gasteiger partial charge is 0.457 e. The van der Waals surface area contributed by atoms with Crippen LogP contribution >= 0.6 is 0 Å². The molecule has 1 heterocycles. The van der Waals surface area contributed by atoms with Crippen LogP contribution in [-0.2, 0) is 11.3 Å². The first-order valence-electron chi connectivity index (χ1n) is 7.64. The van der Waals surface area contributed by atoms with Gasteiger partial charge in [0, 0.05) is 13.0 Å². The van der Waals surface area contributed by atoms with Gasteiger partial charge in [-0.3, -0.25) is 4.79 Å². The number of carbonyl (C=O) groups is 1. The summed E-state index contributed by atoms with van der Waals surface area (Å²) in [6, 6.07) is 17.3. The third-order valence-corrected chi connectivity index (χ3v) is 3.81. The van der Waals surface area contributed by atoms with Gasteiger partial charge >= 0.3 is 0 Å². The van der Waals surface area contributed by atoms with E-state index in [1.807, 2.05) is 61.5 Å². The Balaban J connectivity index is 1.61. The molecule has 1 aliphatic rings. The van der Waals surface area contributed by atoms with Gasteiger partial charge in [0.25, 0.3) is 0 Å². The first-order valence-corrected chi connectivity index (χ1v) is 7.64. The molecular formula is C18H19N3O2. The van der Waals surface area contributed by atoms with Gasteiger partial charge in [-0.2, -0.15) is 10.2 Å². The van der Waals surface area contributed by atoms with Crippen LogP contribution in [0.3, 0.4) is 0 Å². The van der Waals surface area contributed by atoms with E-state index in [-0.39, 0.29) is 5.91 Å². The molecule has 0 fully saturated rings.